The third-order valence-electron chi connectivity index (χ3n) is 5.56. The molecule has 2 aromatic carbocycles. The summed E-state index contributed by atoms with van der Waals surface area (Å²) in [4.78, 5) is 16.1. The minimum absolute atomic E-state index is 0.00219. The smallest absolute Gasteiger partial charge is 0.282 e. The van der Waals surface area contributed by atoms with Crippen LogP contribution in [0.15, 0.2) is 42.5 Å². The van der Waals surface area contributed by atoms with E-state index < -0.39 is 0 Å². The van der Waals surface area contributed by atoms with Gasteiger partial charge in [0.25, 0.3) is 5.91 Å². The lowest BCUT2D eigenvalue weighted by molar-refractivity contribution is -0.907. The first-order valence-electron chi connectivity index (χ1n) is 10.0. The SMILES string of the molecule is C[C@@H](C(=O)Nc1ccc(N2CCOCC2)cc1)[NH+](C)Cc1ccc2c(c1)OCO2. The number of carbonyl (C=O) groups excluding carboxylic acids is 1. The Kier molecular flexibility index (Phi) is 5.87. The van der Waals surface area contributed by atoms with Crippen LogP contribution in [0.5, 0.6) is 11.5 Å². The van der Waals surface area contributed by atoms with Gasteiger partial charge in [-0.2, -0.15) is 0 Å². The largest absolute Gasteiger partial charge is 0.454 e. The van der Waals surface area contributed by atoms with Crippen LogP contribution < -0.4 is 24.6 Å². The summed E-state index contributed by atoms with van der Waals surface area (Å²) < 4.78 is 16.2. The highest BCUT2D eigenvalue weighted by atomic mass is 16.7. The van der Waals surface area contributed by atoms with Crippen LogP contribution in [0.1, 0.15) is 12.5 Å². The van der Waals surface area contributed by atoms with Crippen molar-refractivity contribution < 1.29 is 23.9 Å². The van der Waals surface area contributed by atoms with Gasteiger partial charge in [-0.1, -0.05) is 0 Å². The van der Waals surface area contributed by atoms with E-state index in [1.807, 2.05) is 44.3 Å². The molecule has 154 valence electrons. The number of hydrogen-bond acceptors (Lipinski definition) is 5. The number of anilines is 2. The fraction of sp³-hybridized carbons (Fsp3) is 0.409. The van der Waals surface area contributed by atoms with Gasteiger partial charge in [-0.3, -0.25) is 4.79 Å². The highest BCUT2D eigenvalue weighted by Crippen LogP contribution is 2.32. The van der Waals surface area contributed by atoms with Gasteiger partial charge in [-0.05, 0) is 49.4 Å². The Labute approximate surface area is 171 Å². The van der Waals surface area contributed by atoms with E-state index >= 15 is 0 Å². The van der Waals surface area contributed by atoms with Gasteiger partial charge in [-0.25, -0.2) is 0 Å². The van der Waals surface area contributed by atoms with Crippen LogP contribution in [0.4, 0.5) is 11.4 Å². The Morgan fingerprint density at radius 2 is 1.83 bits per heavy atom. The number of carbonyl (C=O) groups is 1. The molecule has 2 aliphatic heterocycles. The maximum absolute atomic E-state index is 12.7. The third-order valence-corrected chi connectivity index (χ3v) is 5.56. The van der Waals surface area contributed by atoms with Crippen LogP contribution in [-0.2, 0) is 16.1 Å². The van der Waals surface area contributed by atoms with Crippen LogP contribution in [0, 0.1) is 0 Å². The number of morpholine rings is 1. The molecular weight excluding hydrogens is 370 g/mol. The molecule has 4 rings (SSSR count). The van der Waals surface area contributed by atoms with Crippen LogP contribution in [0.25, 0.3) is 0 Å². The van der Waals surface area contributed by atoms with Gasteiger partial charge >= 0.3 is 0 Å². The van der Waals surface area contributed by atoms with Crippen molar-refractivity contribution in [2.75, 3.05) is 50.4 Å². The summed E-state index contributed by atoms with van der Waals surface area (Å²) in [6.45, 7) is 6.25. The Hall–Kier alpha value is -2.77. The zero-order valence-electron chi connectivity index (χ0n) is 16.9. The predicted octanol–water partition coefficient (Wildman–Crippen LogP) is 1.29. The average Bonchev–Trinajstić information content (AvgIpc) is 3.22. The number of ether oxygens (including phenoxy) is 3. The van der Waals surface area contributed by atoms with Gasteiger partial charge in [0.2, 0.25) is 6.79 Å². The number of amides is 1. The fourth-order valence-electron chi connectivity index (χ4n) is 3.58. The van der Waals surface area contributed by atoms with Gasteiger partial charge in [0, 0.05) is 30.0 Å². The zero-order chi connectivity index (χ0) is 20.2. The Morgan fingerprint density at radius 3 is 2.59 bits per heavy atom. The van der Waals surface area contributed by atoms with Crippen LogP contribution in [0.3, 0.4) is 0 Å². The number of quaternary nitrogens is 1. The molecule has 1 unspecified atom stereocenters. The van der Waals surface area contributed by atoms with E-state index in [1.165, 1.54) is 0 Å². The number of nitrogens with zero attached hydrogens (tertiary/aromatic N) is 1. The normalized spacial score (nSPS) is 17.7. The first kappa shape index (κ1) is 19.5. The Morgan fingerprint density at radius 1 is 1.10 bits per heavy atom. The molecule has 2 atom stereocenters. The lowest BCUT2D eigenvalue weighted by Gasteiger charge is -2.29. The van der Waals surface area contributed by atoms with Gasteiger partial charge in [-0.15, -0.1) is 0 Å². The van der Waals surface area contributed by atoms with Crippen molar-refractivity contribution in [2.45, 2.75) is 19.5 Å². The summed E-state index contributed by atoms with van der Waals surface area (Å²) in [5, 5.41) is 3.03. The van der Waals surface area contributed by atoms with E-state index in [0.29, 0.717) is 0 Å². The van der Waals surface area contributed by atoms with Gasteiger partial charge in [0.15, 0.2) is 17.5 Å². The second-order valence-electron chi connectivity index (χ2n) is 7.57. The molecule has 29 heavy (non-hydrogen) atoms. The molecule has 0 bridgehead atoms. The highest BCUT2D eigenvalue weighted by molar-refractivity contribution is 5.93. The second kappa shape index (κ2) is 8.71. The van der Waals surface area contributed by atoms with E-state index in [9.17, 15) is 4.79 Å². The molecular formula is C22H28N3O4+. The molecule has 1 fully saturated rings. The van der Waals surface area contributed by atoms with Crippen molar-refractivity contribution in [1.29, 1.82) is 0 Å². The lowest BCUT2D eigenvalue weighted by Crippen LogP contribution is -3.12. The van der Waals surface area contributed by atoms with Crippen LogP contribution in [-0.4, -0.2) is 52.1 Å². The van der Waals surface area contributed by atoms with Crippen molar-refractivity contribution in [3.05, 3.63) is 48.0 Å². The fourth-order valence-corrected chi connectivity index (χ4v) is 3.58. The quantitative estimate of drug-likeness (QED) is 0.768. The van der Waals surface area contributed by atoms with Gasteiger partial charge in [0.1, 0.15) is 6.54 Å². The van der Waals surface area contributed by atoms with E-state index in [2.05, 4.69) is 22.3 Å². The molecule has 1 saturated heterocycles. The summed E-state index contributed by atoms with van der Waals surface area (Å²) in [6.07, 6.45) is 0. The van der Waals surface area contributed by atoms with E-state index in [-0.39, 0.29) is 18.7 Å². The van der Waals surface area contributed by atoms with Crippen LogP contribution in [0.2, 0.25) is 0 Å². The zero-order valence-corrected chi connectivity index (χ0v) is 16.9. The lowest BCUT2D eigenvalue weighted by atomic mass is 10.1. The molecule has 0 saturated carbocycles. The number of rotatable bonds is 6. The van der Waals surface area contributed by atoms with Crippen molar-refractivity contribution >= 4 is 17.3 Å². The first-order valence-corrected chi connectivity index (χ1v) is 10.0. The molecule has 7 heteroatoms. The summed E-state index contributed by atoms with van der Waals surface area (Å²) in [7, 11) is 2.02. The summed E-state index contributed by atoms with van der Waals surface area (Å²) in [5.41, 5.74) is 3.08. The topological polar surface area (TPSA) is 64.5 Å². The number of benzene rings is 2. The molecule has 2 aromatic rings. The van der Waals surface area contributed by atoms with Gasteiger partial charge in [0.05, 0.1) is 20.3 Å². The van der Waals surface area contributed by atoms with E-state index in [0.717, 1.165) is 66.2 Å². The number of likely N-dealkylation sites (N-methyl/N-ethyl adjacent to an activating group) is 1. The molecule has 7 nitrogen and oxygen atoms in total. The monoisotopic (exact) mass is 398 g/mol. The summed E-state index contributed by atoms with van der Waals surface area (Å²) >= 11 is 0. The van der Waals surface area contributed by atoms with Crippen molar-refractivity contribution in [3.8, 4) is 11.5 Å². The maximum Gasteiger partial charge on any atom is 0.282 e. The molecule has 2 aliphatic rings. The van der Waals surface area contributed by atoms with Crippen LogP contribution >= 0.6 is 0 Å². The third kappa shape index (κ3) is 4.63. The van der Waals surface area contributed by atoms with E-state index in [1.54, 1.807) is 0 Å². The second-order valence-corrected chi connectivity index (χ2v) is 7.57. The van der Waals surface area contributed by atoms with Crippen molar-refractivity contribution in [3.63, 3.8) is 0 Å². The molecule has 0 spiro atoms. The number of nitrogens with one attached hydrogen (secondary N) is 2. The minimum atomic E-state index is -0.195. The summed E-state index contributed by atoms with van der Waals surface area (Å²) in [6, 6.07) is 13.8. The van der Waals surface area contributed by atoms with Crippen molar-refractivity contribution in [1.82, 2.24) is 0 Å². The Bertz CT molecular complexity index is 850. The average molecular weight is 398 g/mol. The Balaban J connectivity index is 1.32. The molecule has 1 amide bonds. The highest BCUT2D eigenvalue weighted by Gasteiger charge is 2.23. The molecule has 0 aromatic heterocycles. The standard InChI is InChI=1S/C22H27N3O4/c1-16(24(2)14-17-3-8-20-21(13-17)29-15-28-20)22(26)23-18-4-6-19(7-5-18)25-9-11-27-12-10-25/h3-8,13,16H,9-12,14-15H2,1-2H3,(H,23,26)/p+1/t16-/m0/s1. The number of hydrogen-bond donors (Lipinski definition) is 2. The predicted molar refractivity (Wildman–Crippen MR) is 111 cm³/mol. The molecule has 2 heterocycles. The van der Waals surface area contributed by atoms with Crippen molar-refractivity contribution in [2.24, 2.45) is 0 Å². The molecule has 0 aliphatic carbocycles. The molecule has 2 N–H and O–H groups in total. The number of fused-ring (bicyclic) bond motifs is 1. The first-order chi connectivity index (χ1) is 14.1. The molecule has 0 radical (unpaired) electrons. The van der Waals surface area contributed by atoms with Gasteiger partial charge < -0.3 is 29.3 Å². The summed E-state index contributed by atoms with van der Waals surface area (Å²) in [5.74, 6) is 1.55. The van der Waals surface area contributed by atoms with E-state index in [4.69, 9.17) is 14.2 Å². The minimum Gasteiger partial charge on any atom is -0.454 e. The maximum atomic E-state index is 12.7.